The van der Waals surface area contributed by atoms with E-state index in [-0.39, 0.29) is 17.1 Å². The van der Waals surface area contributed by atoms with Crippen molar-refractivity contribution in [3.8, 4) is 17.2 Å². The first-order chi connectivity index (χ1) is 16.4. The standard InChI is InChI=1S/C25H20F3N3O3/c26-25(27,28)19-6-4-8-21(16-19)34-20-7-3-5-18(15-20)24(32)30-22-9-1-2-10-23(22)33-14-13-31-12-11-29-17-31/h1-12,15-17H,13-14H2,(H,30,32). The van der Waals surface area contributed by atoms with E-state index >= 15 is 0 Å². The fraction of sp³-hybridized carbons (Fsp3) is 0.120. The first-order valence-electron chi connectivity index (χ1n) is 10.3. The molecule has 0 radical (unpaired) electrons. The van der Waals surface area contributed by atoms with Gasteiger partial charge in [-0.05, 0) is 48.5 Å². The second kappa shape index (κ2) is 10.1. The van der Waals surface area contributed by atoms with E-state index in [1.165, 1.54) is 18.2 Å². The van der Waals surface area contributed by atoms with E-state index in [0.29, 0.717) is 24.6 Å². The highest BCUT2D eigenvalue weighted by molar-refractivity contribution is 6.05. The molecular weight excluding hydrogens is 447 g/mol. The molecule has 0 saturated heterocycles. The Balaban J connectivity index is 1.43. The van der Waals surface area contributed by atoms with Crippen molar-refractivity contribution >= 4 is 11.6 Å². The molecule has 4 aromatic rings. The number of carbonyl (C=O) groups is 1. The van der Waals surface area contributed by atoms with Gasteiger partial charge >= 0.3 is 6.18 Å². The van der Waals surface area contributed by atoms with Crippen LogP contribution in [0.1, 0.15) is 15.9 Å². The van der Waals surface area contributed by atoms with Crippen LogP contribution in [-0.4, -0.2) is 22.1 Å². The van der Waals surface area contributed by atoms with Crippen LogP contribution < -0.4 is 14.8 Å². The average molecular weight is 467 g/mol. The zero-order valence-electron chi connectivity index (χ0n) is 17.8. The maximum atomic E-state index is 12.9. The van der Waals surface area contributed by atoms with Gasteiger partial charge in [0.15, 0.2) is 0 Å². The number of rotatable bonds is 8. The quantitative estimate of drug-likeness (QED) is 0.344. The lowest BCUT2D eigenvalue weighted by molar-refractivity contribution is -0.137. The molecule has 0 atom stereocenters. The van der Waals surface area contributed by atoms with Crippen molar-refractivity contribution in [3.63, 3.8) is 0 Å². The van der Waals surface area contributed by atoms with E-state index < -0.39 is 17.6 Å². The first kappa shape index (κ1) is 22.9. The fourth-order valence-electron chi connectivity index (χ4n) is 3.14. The normalized spacial score (nSPS) is 11.1. The number of benzene rings is 3. The van der Waals surface area contributed by atoms with Gasteiger partial charge in [0.25, 0.3) is 5.91 Å². The summed E-state index contributed by atoms with van der Waals surface area (Å²) in [5.41, 5.74) is -0.0523. The van der Waals surface area contributed by atoms with Crippen molar-refractivity contribution in [1.29, 1.82) is 0 Å². The van der Waals surface area contributed by atoms with E-state index in [0.717, 1.165) is 12.1 Å². The molecule has 0 spiro atoms. The predicted octanol–water partition coefficient (Wildman–Crippen LogP) is 6.03. The molecule has 0 bridgehead atoms. The van der Waals surface area contributed by atoms with Gasteiger partial charge < -0.3 is 19.4 Å². The maximum Gasteiger partial charge on any atom is 0.416 e. The Hall–Kier alpha value is -4.27. The molecule has 0 saturated carbocycles. The van der Waals surface area contributed by atoms with Crippen LogP contribution in [-0.2, 0) is 12.7 Å². The molecule has 1 aromatic heterocycles. The number of ether oxygens (including phenoxy) is 2. The van der Waals surface area contributed by atoms with Gasteiger partial charge in [-0.3, -0.25) is 4.79 Å². The Morgan fingerprint density at radius 1 is 0.971 bits per heavy atom. The third-order valence-electron chi connectivity index (χ3n) is 4.79. The van der Waals surface area contributed by atoms with Gasteiger partial charge in [0, 0.05) is 18.0 Å². The maximum absolute atomic E-state index is 12.9. The van der Waals surface area contributed by atoms with Gasteiger partial charge in [0.05, 0.1) is 24.1 Å². The van der Waals surface area contributed by atoms with Gasteiger partial charge in [-0.15, -0.1) is 0 Å². The molecule has 3 aromatic carbocycles. The second-order valence-corrected chi connectivity index (χ2v) is 7.25. The number of nitrogens with one attached hydrogen (secondary N) is 1. The number of carbonyl (C=O) groups excluding carboxylic acids is 1. The SMILES string of the molecule is O=C(Nc1ccccc1OCCn1ccnc1)c1cccc(Oc2cccc(C(F)(F)F)c2)c1. The number of anilines is 1. The van der Waals surface area contributed by atoms with Crippen LogP contribution in [0, 0.1) is 0 Å². The van der Waals surface area contributed by atoms with Crippen molar-refractivity contribution in [2.24, 2.45) is 0 Å². The van der Waals surface area contributed by atoms with Crippen molar-refractivity contribution in [2.75, 3.05) is 11.9 Å². The summed E-state index contributed by atoms with van der Waals surface area (Å²) in [5, 5.41) is 2.80. The molecule has 6 nitrogen and oxygen atoms in total. The van der Waals surface area contributed by atoms with Gasteiger partial charge in [0.1, 0.15) is 23.9 Å². The fourth-order valence-corrected chi connectivity index (χ4v) is 3.14. The number of alkyl halides is 3. The minimum Gasteiger partial charge on any atom is -0.490 e. The number of amides is 1. The Labute approximate surface area is 193 Å². The molecule has 34 heavy (non-hydrogen) atoms. The number of para-hydroxylation sites is 2. The van der Waals surface area contributed by atoms with Crippen molar-refractivity contribution in [1.82, 2.24) is 9.55 Å². The minimum atomic E-state index is -4.48. The summed E-state index contributed by atoms with van der Waals surface area (Å²) in [6.07, 6.45) is 0.714. The molecule has 0 aliphatic heterocycles. The lowest BCUT2D eigenvalue weighted by atomic mass is 10.2. The van der Waals surface area contributed by atoms with E-state index in [9.17, 15) is 18.0 Å². The van der Waals surface area contributed by atoms with Gasteiger partial charge in [-0.2, -0.15) is 13.2 Å². The highest BCUT2D eigenvalue weighted by atomic mass is 19.4. The Bertz CT molecular complexity index is 1260. The molecule has 1 heterocycles. The summed E-state index contributed by atoms with van der Waals surface area (Å²) in [7, 11) is 0. The van der Waals surface area contributed by atoms with Crippen LogP contribution in [0.2, 0.25) is 0 Å². The number of imidazole rings is 1. The molecule has 0 aliphatic rings. The highest BCUT2D eigenvalue weighted by Crippen LogP contribution is 2.33. The largest absolute Gasteiger partial charge is 0.490 e. The summed E-state index contributed by atoms with van der Waals surface area (Å²) in [5.74, 6) is 0.341. The number of hydrogen-bond acceptors (Lipinski definition) is 4. The second-order valence-electron chi connectivity index (χ2n) is 7.25. The topological polar surface area (TPSA) is 65.4 Å². The number of halogens is 3. The van der Waals surface area contributed by atoms with E-state index in [4.69, 9.17) is 9.47 Å². The van der Waals surface area contributed by atoms with Crippen LogP contribution in [0.5, 0.6) is 17.2 Å². The van der Waals surface area contributed by atoms with Crippen LogP contribution in [0.25, 0.3) is 0 Å². The van der Waals surface area contributed by atoms with Crippen LogP contribution in [0.4, 0.5) is 18.9 Å². The number of aromatic nitrogens is 2. The lowest BCUT2D eigenvalue weighted by Gasteiger charge is -2.13. The minimum absolute atomic E-state index is 0.0176. The molecule has 9 heteroatoms. The number of nitrogens with zero attached hydrogens (tertiary/aromatic N) is 2. The van der Waals surface area contributed by atoms with Crippen LogP contribution >= 0.6 is 0 Å². The van der Waals surface area contributed by atoms with Gasteiger partial charge in [0.2, 0.25) is 0 Å². The summed E-state index contributed by atoms with van der Waals surface area (Å²) >= 11 is 0. The summed E-state index contributed by atoms with van der Waals surface area (Å²) in [6, 6.07) is 17.8. The zero-order chi connectivity index (χ0) is 24.0. The third kappa shape index (κ3) is 5.94. The summed E-state index contributed by atoms with van der Waals surface area (Å²) in [4.78, 5) is 16.8. The Morgan fingerprint density at radius 2 is 1.74 bits per heavy atom. The molecule has 4 rings (SSSR count). The molecule has 0 unspecified atom stereocenters. The summed E-state index contributed by atoms with van der Waals surface area (Å²) < 4.78 is 52.1. The molecule has 1 N–H and O–H groups in total. The van der Waals surface area contributed by atoms with E-state index in [1.807, 2.05) is 10.8 Å². The molecule has 0 aliphatic carbocycles. The summed E-state index contributed by atoms with van der Waals surface area (Å²) in [6.45, 7) is 0.973. The molecule has 174 valence electrons. The number of hydrogen-bond donors (Lipinski definition) is 1. The first-order valence-corrected chi connectivity index (χ1v) is 10.3. The van der Waals surface area contributed by atoms with E-state index in [2.05, 4.69) is 10.3 Å². The zero-order valence-corrected chi connectivity index (χ0v) is 17.8. The van der Waals surface area contributed by atoms with Crippen LogP contribution in [0.15, 0.2) is 91.5 Å². The van der Waals surface area contributed by atoms with E-state index in [1.54, 1.807) is 55.0 Å². The smallest absolute Gasteiger partial charge is 0.416 e. The average Bonchev–Trinajstić information content (AvgIpc) is 3.34. The third-order valence-corrected chi connectivity index (χ3v) is 4.79. The van der Waals surface area contributed by atoms with Crippen molar-refractivity contribution in [3.05, 3.63) is 103 Å². The Kier molecular flexibility index (Phi) is 6.82. The molecule has 0 fully saturated rings. The van der Waals surface area contributed by atoms with Crippen molar-refractivity contribution in [2.45, 2.75) is 12.7 Å². The van der Waals surface area contributed by atoms with Crippen LogP contribution in [0.3, 0.4) is 0 Å². The van der Waals surface area contributed by atoms with Gasteiger partial charge in [-0.1, -0.05) is 24.3 Å². The lowest BCUT2D eigenvalue weighted by Crippen LogP contribution is -2.14. The predicted molar refractivity (Wildman–Crippen MR) is 120 cm³/mol. The molecular formula is C25H20F3N3O3. The highest BCUT2D eigenvalue weighted by Gasteiger charge is 2.30. The monoisotopic (exact) mass is 467 g/mol. The van der Waals surface area contributed by atoms with Crippen molar-refractivity contribution < 1.29 is 27.4 Å². The van der Waals surface area contributed by atoms with Gasteiger partial charge in [-0.25, -0.2) is 4.98 Å². The molecule has 1 amide bonds. The Morgan fingerprint density at radius 3 is 2.50 bits per heavy atom.